The van der Waals surface area contributed by atoms with Gasteiger partial charge in [-0.3, -0.25) is 4.79 Å². The first-order valence-corrected chi connectivity index (χ1v) is 6.22. The van der Waals surface area contributed by atoms with Crippen LogP contribution < -0.4 is 5.32 Å². The lowest BCUT2D eigenvalue weighted by molar-refractivity contribution is -0.144. The molecule has 5 heteroatoms. The molecule has 1 saturated heterocycles. The maximum atomic E-state index is 11.6. The van der Waals surface area contributed by atoms with Gasteiger partial charge in [-0.2, -0.15) is 0 Å². The summed E-state index contributed by atoms with van der Waals surface area (Å²) in [5, 5.41) is 13.5. The van der Waals surface area contributed by atoms with Crippen molar-refractivity contribution in [2.45, 2.75) is 18.3 Å². The number of nitrogens with one attached hydrogen (secondary N) is 1. The van der Waals surface area contributed by atoms with E-state index in [1.165, 1.54) is 0 Å². The molecule has 0 saturated carbocycles. The van der Waals surface area contributed by atoms with E-state index in [-0.39, 0.29) is 0 Å². The Balaban J connectivity index is 2.56. The van der Waals surface area contributed by atoms with Gasteiger partial charge in [-0.1, -0.05) is 29.3 Å². The average Bonchev–Trinajstić information content (AvgIpc) is 2.29. The van der Waals surface area contributed by atoms with E-state index in [9.17, 15) is 9.90 Å². The van der Waals surface area contributed by atoms with Gasteiger partial charge in [0.2, 0.25) is 0 Å². The van der Waals surface area contributed by atoms with E-state index in [2.05, 4.69) is 5.32 Å². The van der Waals surface area contributed by atoms with Crippen LogP contribution in [0.3, 0.4) is 0 Å². The number of carbonyl (C=O) groups is 1. The summed E-state index contributed by atoms with van der Waals surface area (Å²) in [6, 6.07) is 5.09. The van der Waals surface area contributed by atoms with Crippen molar-refractivity contribution in [2.24, 2.45) is 0 Å². The zero-order valence-electron chi connectivity index (χ0n) is 9.17. The van der Waals surface area contributed by atoms with Gasteiger partial charge in [-0.05, 0) is 31.5 Å². The Bertz CT molecular complexity index is 422. The van der Waals surface area contributed by atoms with Gasteiger partial charge in [0.15, 0.2) is 0 Å². The quantitative estimate of drug-likeness (QED) is 0.871. The molecule has 3 nitrogen and oxygen atoms in total. The Morgan fingerprint density at radius 2 is 2.00 bits per heavy atom. The molecule has 1 aliphatic rings. The smallest absolute Gasteiger partial charge is 0.315 e. The molecule has 1 aromatic carbocycles. The number of hydrogen-bond acceptors (Lipinski definition) is 2. The van der Waals surface area contributed by atoms with Gasteiger partial charge >= 0.3 is 5.97 Å². The van der Waals surface area contributed by atoms with Crippen molar-refractivity contribution < 1.29 is 9.90 Å². The monoisotopic (exact) mass is 273 g/mol. The lowest BCUT2D eigenvalue weighted by atomic mass is 9.74. The van der Waals surface area contributed by atoms with Crippen LogP contribution in [0.5, 0.6) is 0 Å². The Morgan fingerprint density at radius 3 is 2.47 bits per heavy atom. The maximum absolute atomic E-state index is 11.6. The summed E-state index contributed by atoms with van der Waals surface area (Å²) in [4.78, 5) is 11.6. The molecule has 17 heavy (non-hydrogen) atoms. The van der Waals surface area contributed by atoms with E-state index in [0.29, 0.717) is 28.6 Å². The zero-order chi connectivity index (χ0) is 12.5. The standard InChI is InChI=1S/C12H13Cl2NO2/c13-8-3-1-4-9(14)10(8)12(11(16)17)5-2-6-15-7-12/h1,3-4,15H,2,5-7H2,(H,16,17). The van der Waals surface area contributed by atoms with E-state index in [1.807, 2.05) is 0 Å². The summed E-state index contributed by atoms with van der Waals surface area (Å²) in [7, 11) is 0. The van der Waals surface area contributed by atoms with E-state index < -0.39 is 11.4 Å². The van der Waals surface area contributed by atoms with Crippen LogP contribution in [-0.4, -0.2) is 24.2 Å². The second kappa shape index (κ2) is 4.84. The molecule has 1 fully saturated rings. The Hall–Kier alpha value is -0.770. The molecule has 1 heterocycles. The van der Waals surface area contributed by atoms with Crippen molar-refractivity contribution in [1.29, 1.82) is 0 Å². The first-order valence-electron chi connectivity index (χ1n) is 5.46. The van der Waals surface area contributed by atoms with E-state index >= 15 is 0 Å². The topological polar surface area (TPSA) is 49.3 Å². The van der Waals surface area contributed by atoms with Crippen LogP contribution >= 0.6 is 23.2 Å². The Kier molecular flexibility index (Phi) is 3.61. The van der Waals surface area contributed by atoms with Gasteiger partial charge in [-0.15, -0.1) is 0 Å². The molecule has 0 bridgehead atoms. The highest BCUT2D eigenvalue weighted by Crippen LogP contribution is 2.40. The van der Waals surface area contributed by atoms with Crippen molar-refractivity contribution >= 4 is 29.2 Å². The fraction of sp³-hybridized carbons (Fsp3) is 0.417. The molecular weight excluding hydrogens is 261 g/mol. The summed E-state index contributed by atoms with van der Waals surface area (Å²) >= 11 is 12.2. The third-order valence-electron chi connectivity index (χ3n) is 3.23. The molecule has 0 aromatic heterocycles. The number of carboxylic acid groups (broad SMARTS) is 1. The number of piperidine rings is 1. The minimum absolute atomic E-state index is 0.367. The van der Waals surface area contributed by atoms with Gasteiger partial charge in [0.05, 0.1) is 0 Å². The van der Waals surface area contributed by atoms with Crippen molar-refractivity contribution in [3.8, 4) is 0 Å². The third-order valence-corrected chi connectivity index (χ3v) is 3.86. The predicted octanol–water partition coefficient (Wildman–Crippen LogP) is 2.70. The summed E-state index contributed by atoms with van der Waals surface area (Å²) in [6.07, 6.45) is 1.35. The Labute approximate surface area is 110 Å². The second-order valence-electron chi connectivity index (χ2n) is 4.26. The van der Waals surface area contributed by atoms with Crippen LogP contribution in [0, 0.1) is 0 Å². The molecule has 2 rings (SSSR count). The lowest BCUT2D eigenvalue weighted by Gasteiger charge is -2.35. The fourth-order valence-electron chi connectivity index (χ4n) is 2.36. The molecule has 1 aromatic rings. The molecule has 1 atom stereocenters. The lowest BCUT2D eigenvalue weighted by Crippen LogP contribution is -2.49. The van der Waals surface area contributed by atoms with Crippen molar-refractivity contribution in [3.63, 3.8) is 0 Å². The highest BCUT2D eigenvalue weighted by Gasteiger charge is 2.44. The first kappa shape index (κ1) is 12.7. The van der Waals surface area contributed by atoms with E-state index in [0.717, 1.165) is 13.0 Å². The number of benzene rings is 1. The number of rotatable bonds is 2. The molecule has 2 N–H and O–H groups in total. The molecule has 92 valence electrons. The van der Waals surface area contributed by atoms with Crippen LogP contribution in [0.15, 0.2) is 18.2 Å². The molecule has 0 radical (unpaired) electrons. The van der Waals surface area contributed by atoms with Crippen LogP contribution in [0.4, 0.5) is 0 Å². The van der Waals surface area contributed by atoms with Gasteiger partial charge in [0.1, 0.15) is 5.41 Å². The van der Waals surface area contributed by atoms with E-state index in [1.54, 1.807) is 18.2 Å². The molecule has 0 amide bonds. The highest BCUT2D eigenvalue weighted by atomic mass is 35.5. The van der Waals surface area contributed by atoms with Gasteiger partial charge in [-0.25, -0.2) is 0 Å². The SMILES string of the molecule is O=C(O)C1(c2c(Cl)cccc2Cl)CCCNC1. The minimum Gasteiger partial charge on any atom is -0.481 e. The number of aliphatic carboxylic acids is 1. The third kappa shape index (κ3) is 2.15. The molecule has 1 unspecified atom stereocenters. The largest absolute Gasteiger partial charge is 0.481 e. The van der Waals surface area contributed by atoms with Crippen molar-refractivity contribution in [1.82, 2.24) is 5.32 Å². The van der Waals surface area contributed by atoms with Gasteiger partial charge in [0.25, 0.3) is 0 Å². The summed E-state index contributed by atoms with van der Waals surface area (Å²) < 4.78 is 0. The first-order chi connectivity index (χ1) is 8.08. The normalized spacial score (nSPS) is 24.6. The summed E-state index contributed by atoms with van der Waals surface area (Å²) in [5.41, 5.74) is -0.476. The molecule has 0 aliphatic carbocycles. The molecular formula is C12H13Cl2NO2. The van der Waals surface area contributed by atoms with Crippen LogP contribution in [-0.2, 0) is 10.2 Å². The van der Waals surface area contributed by atoms with Crippen LogP contribution in [0.2, 0.25) is 10.0 Å². The summed E-state index contributed by atoms with van der Waals surface area (Å²) in [5.74, 6) is -0.875. The average molecular weight is 274 g/mol. The van der Waals surface area contributed by atoms with Crippen molar-refractivity contribution in [2.75, 3.05) is 13.1 Å². The van der Waals surface area contributed by atoms with Gasteiger partial charge in [0, 0.05) is 22.2 Å². The summed E-state index contributed by atoms with van der Waals surface area (Å²) in [6.45, 7) is 1.20. The zero-order valence-corrected chi connectivity index (χ0v) is 10.7. The van der Waals surface area contributed by atoms with Crippen LogP contribution in [0.1, 0.15) is 18.4 Å². The van der Waals surface area contributed by atoms with Gasteiger partial charge < -0.3 is 10.4 Å². The van der Waals surface area contributed by atoms with E-state index in [4.69, 9.17) is 23.2 Å². The number of halogens is 2. The molecule has 0 spiro atoms. The maximum Gasteiger partial charge on any atom is 0.315 e. The fourth-order valence-corrected chi connectivity index (χ4v) is 3.12. The number of hydrogen-bond donors (Lipinski definition) is 2. The second-order valence-corrected chi connectivity index (χ2v) is 5.08. The minimum atomic E-state index is -1.01. The Morgan fingerprint density at radius 1 is 1.35 bits per heavy atom. The predicted molar refractivity (Wildman–Crippen MR) is 67.9 cm³/mol. The van der Waals surface area contributed by atoms with Crippen molar-refractivity contribution in [3.05, 3.63) is 33.8 Å². The highest BCUT2D eigenvalue weighted by molar-refractivity contribution is 6.36. The number of carboxylic acids is 1. The van der Waals surface area contributed by atoms with Crippen LogP contribution in [0.25, 0.3) is 0 Å². The molecule has 1 aliphatic heterocycles.